The Morgan fingerprint density at radius 3 is 3.00 bits per heavy atom. The Labute approximate surface area is 92.6 Å². The fourth-order valence-electron chi connectivity index (χ4n) is 0.968. The van der Waals surface area contributed by atoms with E-state index in [1.54, 1.807) is 6.07 Å². The summed E-state index contributed by atoms with van der Waals surface area (Å²) in [6.07, 6.45) is 0.734. The number of nitrogens with two attached hydrogens (primary N) is 1. The Bertz CT molecular complexity index is 365. The average molecular weight is 254 g/mol. The molecule has 14 heavy (non-hydrogen) atoms. The van der Waals surface area contributed by atoms with E-state index in [0.717, 1.165) is 16.6 Å². The van der Waals surface area contributed by atoms with E-state index in [-0.39, 0.29) is 0 Å². The molecule has 2 nitrogen and oxygen atoms in total. The van der Waals surface area contributed by atoms with Crippen molar-refractivity contribution in [3.8, 4) is 17.6 Å². The first-order valence-electron chi connectivity index (χ1n) is 4.31. The van der Waals surface area contributed by atoms with Crippen LogP contribution in [0.3, 0.4) is 0 Å². The summed E-state index contributed by atoms with van der Waals surface area (Å²) < 4.78 is 6.40. The van der Waals surface area contributed by atoms with Crippen molar-refractivity contribution in [3.63, 3.8) is 0 Å². The Balaban J connectivity index is 2.56. The molecule has 0 atom stereocenters. The van der Waals surface area contributed by atoms with Crippen LogP contribution in [0.5, 0.6) is 5.75 Å². The number of hydrogen-bond acceptors (Lipinski definition) is 2. The first kappa shape index (κ1) is 10.9. The van der Waals surface area contributed by atoms with Crippen LogP contribution in [0, 0.1) is 11.8 Å². The monoisotopic (exact) mass is 253 g/mol. The van der Waals surface area contributed by atoms with Crippen molar-refractivity contribution in [2.45, 2.75) is 13.3 Å². The molecular weight excluding hydrogens is 242 g/mol. The van der Waals surface area contributed by atoms with Gasteiger partial charge in [-0.2, -0.15) is 0 Å². The van der Waals surface area contributed by atoms with Crippen LogP contribution >= 0.6 is 15.9 Å². The van der Waals surface area contributed by atoms with Gasteiger partial charge in [0.25, 0.3) is 0 Å². The molecule has 1 aromatic carbocycles. The Morgan fingerprint density at radius 2 is 2.29 bits per heavy atom. The normalized spacial score (nSPS) is 9.00. The van der Waals surface area contributed by atoms with Crippen molar-refractivity contribution in [2.75, 3.05) is 12.3 Å². The number of halogens is 1. The van der Waals surface area contributed by atoms with Crippen LogP contribution in [-0.4, -0.2) is 6.61 Å². The summed E-state index contributed by atoms with van der Waals surface area (Å²) in [5, 5.41) is 0. The molecule has 0 aromatic heterocycles. The number of benzene rings is 1. The SMILES string of the molecule is CC#CCCOc1cc(N)ccc1Br. The third-order valence-electron chi connectivity index (χ3n) is 1.62. The van der Waals surface area contributed by atoms with Gasteiger partial charge in [0.05, 0.1) is 11.1 Å². The Hall–Kier alpha value is -1.14. The quantitative estimate of drug-likeness (QED) is 0.511. The van der Waals surface area contributed by atoms with E-state index in [0.29, 0.717) is 12.3 Å². The molecule has 0 unspecified atom stereocenters. The third kappa shape index (κ3) is 3.31. The lowest BCUT2D eigenvalue weighted by molar-refractivity contribution is 0.325. The van der Waals surface area contributed by atoms with Gasteiger partial charge in [-0.25, -0.2) is 0 Å². The zero-order valence-electron chi connectivity index (χ0n) is 8.01. The van der Waals surface area contributed by atoms with E-state index in [2.05, 4.69) is 27.8 Å². The van der Waals surface area contributed by atoms with Crippen molar-refractivity contribution in [2.24, 2.45) is 0 Å². The fourth-order valence-corrected chi connectivity index (χ4v) is 1.33. The van der Waals surface area contributed by atoms with Crippen LogP contribution in [0.25, 0.3) is 0 Å². The minimum absolute atomic E-state index is 0.586. The van der Waals surface area contributed by atoms with Gasteiger partial charge in [0, 0.05) is 18.2 Å². The molecule has 74 valence electrons. The first-order valence-corrected chi connectivity index (χ1v) is 5.11. The largest absolute Gasteiger partial charge is 0.491 e. The number of hydrogen-bond donors (Lipinski definition) is 1. The molecule has 0 aliphatic rings. The number of nitrogen functional groups attached to an aromatic ring is 1. The molecule has 1 rings (SSSR count). The van der Waals surface area contributed by atoms with Crippen LogP contribution in [0.1, 0.15) is 13.3 Å². The summed E-state index contributed by atoms with van der Waals surface area (Å²) in [5.41, 5.74) is 6.33. The maximum absolute atomic E-state index is 5.63. The Kier molecular flexibility index (Phi) is 4.34. The maximum Gasteiger partial charge on any atom is 0.135 e. The standard InChI is InChI=1S/C11H12BrNO/c1-2-3-4-7-14-11-8-9(13)5-6-10(11)12/h5-6,8H,4,7,13H2,1H3. The van der Waals surface area contributed by atoms with E-state index >= 15 is 0 Å². The molecule has 1 aromatic rings. The van der Waals surface area contributed by atoms with Gasteiger partial charge in [-0.05, 0) is 35.0 Å². The molecular formula is C11H12BrNO. The lowest BCUT2D eigenvalue weighted by Crippen LogP contribution is -1.97. The maximum atomic E-state index is 5.63. The fraction of sp³-hybridized carbons (Fsp3) is 0.273. The molecule has 0 saturated carbocycles. The molecule has 0 saturated heterocycles. The highest BCUT2D eigenvalue weighted by molar-refractivity contribution is 9.10. The van der Waals surface area contributed by atoms with Crippen molar-refractivity contribution < 1.29 is 4.74 Å². The summed E-state index contributed by atoms with van der Waals surface area (Å²) in [6.45, 7) is 2.40. The van der Waals surface area contributed by atoms with Crippen molar-refractivity contribution >= 4 is 21.6 Å². The van der Waals surface area contributed by atoms with Gasteiger partial charge in [0.1, 0.15) is 5.75 Å². The molecule has 3 heteroatoms. The molecule has 0 aliphatic carbocycles. The number of ether oxygens (including phenoxy) is 1. The minimum atomic E-state index is 0.586. The van der Waals surface area contributed by atoms with Crippen LogP contribution in [0.4, 0.5) is 5.69 Å². The van der Waals surface area contributed by atoms with E-state index in [1.807, 2.05) is 19.1 Å². The molecule has 0 aliphatic heterocycles. The highest BCUT2D eigenvalue weighted by Gasteiger charge is 2.00. The molecule has 0 radical (unpaired) electrons. The summed E-state index contributed by atoms with van der Waals surface area (Å²) >= 11 is 3.38. The van der Waals surface area contributed by atoms with Gasteiger partial charge < -0.3 is 10.5 Å². The Morgan fingerprint density at radius 1 is 1.50 bits per heavy atom. The van der Waals surface area contributed by atoms with Gasteiger partial charge in [0.2, 0.25) is 0 Å². The van der Waals surface area contributed by atoms with Gasteiger partial charge in [0.15, 0.2) is 0 Å². The zero-order valence-corrected chi connectivity index (χ0v) is 9.60. The highest BCUT2D eigenvalue weighted by Crippen LogP contribution is 2.26. The molecule has 0 amide bonds. The van der Waals surface area contributed by atoms with Crippen molar-refractivity contribution in [1.29, 1.82) is 0 Å². The van der Waals surface area contributed by atoms with Gasteiger partial charge in [-0.3, -0.25) is 0 Å². The van der Waals surface area contributed by atoms with E-state index in [4.69, 9.17) is 10.5 Å². The average Bonchev–Trinajstić information content (AvgIpc) is 2.18. The summed E-state index contributed by atoms with van der Waals surface area (Å²) in [4.78, 5) is 0. The third-order valence-corrected chi connectivity index (χ3v) is 2.27. The van der Waals surface area contributed by atoms with Crippen LogP contribution in [0.2, 0.25) is 0 Å². The van der Waals surface area contributed by atoms with Gasteiger partial charge >= 0.3 is 0 Å². The summed E-state index contributed by atoms with van der Waals surface area (Å²) in [6, 6.07) is 5.49. The second kappa shape index (κ2) is 5.56. The zero-order chi connectivity index (χ0) is 10.4. The van der Waals surface area contributed by atoms with Crippen molar-refractivity contribution in [1.82, 2.24) is 0 Å². The molecule has 0 heterocycles. The molecule has 2 N–H and O–H groups in total. The lowest BCUT2D eigenvalue weighted by Gasteiger charge is -2.06. The van der Waals surface area contributed by atoms with Crippen LogP contribution in [-0.2, 0) is 0 Å². The lowest BCUT2D eigenvalue weighted by atomic mass is 10.3. The van der Waals surface area contributed by atoms with Gasteiger partial charge in [-0.15, -0.1) is 11.8 Å². The molecule has 0 spiro atoms. The molecule has 0 bridgehead atoms. The first-order chi connectivity index (χ1) is 6.74. The summed E-state index contributed by atoms with van der Waals surface area (Å²) in [5.74, 6) is 6.51. The van der Waals surface area contributed by atoms with Crippen molar-refractivity contribution in [3.05, 3.63) is 22.7 Å². The second-order valence-corrected chi connectivity index (χ2v) is 3.57. The van der Waals surface area contributed by atoms with Crippen LogP contribution in [0.15, 0.2) is 22.7 Å². The van der Waals surface area contributed by atoms with E-state index < -0.39 is 0 Å². The number of anilines is 1. The smallest absolute Gasteiger partial charge is 0.135 e. The number of rotatable bonds is 3. The van der Waals surface area contributed by atoms with E-state index in [1.165, 1.54) is 0 Å². The van der Waals surface area contributed by atoms with E-state index in [9.17, 15) is 0 Å². The predicted octanol–water partition coefficient (Wildman–Crippen LogP) is 2.82. The van der Waals surface area contributed by atoms with Gasteiger partial charge in [-0.1, -0.05) is 0 Å². The topological polar surface area (TPSA) is 35.2 Å². The second-order valence-electron chi connectivity index (χ2n) is 2.72. The highest BCUT2D eigenvalue weighted by atomic mass is 79.9. The minimum Gasteiger partial charge on any atom is -0.491 e. The summed E-state index contributed by atoms with van der Waals surface area (Å²) in [7, 11) is 0. The predicted molar refractivity (Wildman–Crippen MR) is 62.1 cm³/mol. The molecule has 0 fully saturated rings. The van der Waals surface area contributed by atoms with Crippen LogP contribution < -0.4 is 10.5 Å².